The average Bonchev–Trinajstić information content (AvgIpc) is 3.00. The van der Waals surface area contributed by atoms with Crippen LogP contribution >= 0.6 is 0 Å². The van der Waals surface area contributed by atoms with Gasteiger partial charge in [-0.05, 0) is 53.8 Å². The monoisotopic (exact) mass is 456 g/mol. The van der Waals surface area contributed by atoms with E-state index in [1.165, 1.54) is 0 Å². The lowest BCUT2D eigenvalue weighted by Gasteiger charge is -2.30. The maximum absolute atomic E-state index is 10.6. The fourth-order valence-corrected chi connectivity index (χ4v) is 4.11. The maximum atomic E-state index is 10.6. The van der Waals surface area contributed by atoms with Gasteiger partial charge in [-0.25, -0.2) is 9.97 Å². The number of pyridine rings is 1. The number of aliphatic hydroxyl groups is 1. The predicted octanol–water partition coefficient (Wildman–Crippen LogP) is 2.85. The van der Waals surface area contributed by atoms with E-state index >= 15 is 0 Å². The van der Waals surface area contributed by atoms with Crippen molar-refractivity contribution in [1.82, 2.24) is 25.2 Å². The number of hydrogen-bond acceptors (Lipinski definition) is 8. The summed E-state index contributed by atoms with van der Waals surface area (Å²) in [7, 11) is 6.01. The Kier molecular flexibility index (Phi) is 7.61. The first kappa shape index (κ1) is 25.3. The number of fused-ring (bicyclic) bond motifs is 1. The second kappa shape index (κ2) is 9.91. The van der Waals surface area contributed by atoms with Crippen LogP contribution in [0, 0.1) is 0 Å². The van der Waals surface area contributed by atoms with E-state index in [0.717, 1.165) is 42.2 Å². The molecule has 0 aliphatic heterocycles. The molecule has 2 N–H and O–H groups in total. The van der Waals surface area contributed by atoms with E-state index in [9.17, 15) is 5.11 Å². The van der Waals surface area contributed by atoms with Gasteiger partial charge in [0.15, 0.2) is 5.82 Å². The quantitative estimate of drug-likeness (QED) is 0.557. The molecule has 1 atom stereocenters. The number of anilines is 1. The van der Waals surface area contributed by atoms with Gasteiger partial charge in [0, 0.05) is 42.4 Å². The van der Waals surface area contributed by atoms with Gasteiger partial charge in [-0.1, -0.05) is 13.8 Å². The van der Waals surface area contributed by atoms with Crippen molar-refractivity contribution in [1.29, 1.82) is 0 Å². The van der Waals surface area contributed by atoms with Crippen LogP contribution < -0.4 is 15.0 Å². The van der Waals surface area contributed by atoms with Crippen molar-refractivity contribution < 1.29 is 9.84 Å². The molecule has 0 bridgehead atoms. The molecule has 1 aliphatic carbocycles. The van der Waals surface area contributed by atoms with Crippen LogP contribution in [0.15, 0.2) is 18.3 Å². The minimum Gasteiger partial charge on any atom is -0.492 e. The normalized spacial score (nSPS) is 16.1. The first-order chi connectivity index (χ1) is 15.4. The summed E-state index contributed by atoms with van der Waals surface area (Å²) in [5.74, 6) is 2.20. The van der Waals surface area contributed by atoms with Crippen LogP contribution in [-0.2, 0) is 11.8 Å². The Morgan fingerprint density at radius 1 is 1.21 bits per heavy atom. The lowest BCUT2D eigenvalue weighted by molar-refractivity contribution is 0.112. The van der Waals surface area contributed by atoms with Crippen molar-refractivity contribution in [2.75, 3.05) is 45.7 Å². The Labute approximate surface area is 198 Å². The largest absolute Gasteiger partial charge is 0.492 e. The van der Waals surface area contributed by atoms with Gasteiger partial charge in [0.1, 0.15) is 30.1 Å². The molecule has 0 saturated heterocycles. The smallest absolute Gasteiger partial charge is 0.180 e. The minimum atomic E-state index is -0.676. The van der Waals surface area contributed by atoms with Crippen molar-refractivity contribution >= 4 is 5.82 Å². The van der Waals surface area contributed by atoms with Crippen molar-refractivity contribution in [2.45, 2.75) is 64.6 Å². The molecule has 0 spiro atoms. The SMILES string of the molecule is CN(C)CCOc1ccnc(-c2nc(N(C)CC(O)NC(C)(C)C)c3c(n2)C(C)(C)CC3)c1. The number of nitrogens with one attached hydrogen (secondary N) is 1. The van der Waals surface area contributed by atoms with E-state index in [2.05, 4.69) is 29.0 Å². The molecular formula is C25H40N6O2. The highest BCUT2D eigenvalue weighted by molar-refractivity contribution is 5.61. The highest BCUT2D eigenvalue weighted by Crippen LogP contribution is 2.41. The van der Waals surface area contributed by atoms with Gasteiger partial charge in [0.2, 0.25) is 0 Å². The summed E-state index contributed by atoms with van der Waals surface area (Å²) in [5.41, 5.74) is 2.69. The Bertz CT molecular complexity index is 954. The van der Waals surface area contributed by atoms with E-state index in [1.54, 1.807) is 6.20 Å². The number of hydrogen-bond donors (Lipinski definition) is 2. The molecule has 0 fully saturated rings. The lowest BCUT2D eigenvalue weighted by Crippen LogP contribution is -2.48. The molecule has 3 rings (SSSR count). The van der Waals surface area contributed by atoms with Gasteiger partial charge in [0.25, 0.3) is 0 Å². The third-order valence-electron chi connectivity index (χ3n) is 5.80. The first-order valence-electron chi connectivity index (χ1n) is 11.7. The molecule has 182 valence electrons. The molecule has 0 amide bonds. The molecule has 2 aromatic heterocycles. The fraction of sp³-hybridized carbons (Fsp3) is 0.640. The molecule has 2 heterocycles. The number of aliphatic hydroxyl groups excluding tert-OH is 1. The second-order valence-corrected chi connectivity index (χ2v) is 10.9. The molecule has 2 aromatic rings. The molecule has 1 unspecified atom stereocenters. The Morgan fingerprint density at radius 3 is 2.61 bits per heavy atom. The Hall–Kier alpha value is -2.29. The lowest BCUT2D eigenvalue weighted by atomic mass is 9.90. The molecule has 0 saturated carbocycles. The Balaban J connectivity index is 1.93. The second-order valence-electron chi connectivity index (χ2n) is 10.9. The van der Waals surface area contributed by atoms with Crippen molar-refractivity contribution in [3.8, 4) is 17.3 Å². The van der Waals surface area contributed by atoms with E-state index in [1.807, 2.05) is 58.9 Å². The number of nitrogens with zero attached hydrogens (tertiary/aromatic N) is 5. The number of ether oxygens (including phenoxy) is 1. The van der Waals surface area contributed by atoms with Crippen LogP contribution in [0.5, 0.6) is 5.75 Å². The van der Waals surface area contributed by atoms with Gasteiger partial charge in [-0.15, -0.1) is 0 Å². The molecule has 8 nitrogen and oxygen atoms in total. The van der Waals surface area contributed by atoms with Gasteiger partial charge in [-0.3, -0.25) is 10.3 Å². The predicted molar refractivity (Wildman–Crippen MR) is 133 cm³/mol. The fourth-order valence-electron chi connectivity index (χ4n) is 4.11. The minimum absolute atomic E-state index is 0.0370. The summed E-state index contributed by atoms with van der Waals surface area (Å²) in [6.07, 6.45) is 3.00. The summed E-state index contributed by atoms with van der Waals surface area (Å²) in [5, 5.41) is 13.8. The molecule has 1 aliphatic rings. The third-order valence-corrected chi connectivity index (χ3v) is 5.80. The highest BCUT2D eigenvalue weighted by Gasteiger charge is 2.35. The molecule has 33 heavy (non-hydrogen) atoms. The summed E-state index contributed by atoms with van der Waals surface area (Å²) in [6, 6.07) is 3.76. The van der Waals surface area contributed by atoms with Gasteiger partial charge in [0.05, 0.1) is 12.2 Å². The maximum Gasteiger partial charge on any atom is 0.180 e. The first-order valence-corrected chi connectivity index (χ1v) is 11.7. The molecular weight excluding hydrogens is 416 g/mol. The summed E-state index contributed by atoms with van der Waals surface area (Å²) in [4.78, 5) is 18.5. The van der Waals surface area contributed by atoms with E-state index in [0.29, 0.717) is 24.7 Å². The van der Waals surface area contributed by atoms with E-state index in [-0.39, 0.29) is 11.0 Å². The van der Waals surface area contributed by atoms with Gasteiger partial charge >= 0.3 is 0 Å². The Morgan fingerprint density at radius 2 is 1.94 bits per heavy atom. The topological polar surface area (TPSA) is 86.6 Å². The van der Waals surface area contributed by atoms with Crippen LogP contribution in [-0.4, -0.2) is 77.6 Å². The zero-order valence-corrected chi connectivity index (χ0v) is 21.4. The molecule has 8 heteroatoms. The van der Waals surface area contributed by atoms with Crippen LogP contribution in [0.3, 0.4) is 0 Å². The van der Waals surface area contributed by atoms with E-state index in [4.69, 9.17) is 14.7 Å². The van der Waals surface area contributed by atoms with Crippen LogP contribution in [0.25, 0.3) is 11.5 Å². The zero-order chi connectivity index (χ0) is 24.4. The molecule has 0 aromatic carbocycles. The number of aromatic nitrogens is 3. The van der Waals surface area contributed by atoms with E-state index < -0.39 is 6.23 Å². The average molecular weight is 457 g/mol. The summed E-state index contributed by atoms with van der Waals surface area (Å²) >= 11 is 0. The standard InChI is InChI=1S/C25H40N6O2/c1-24(2,3)29-20(32)16-31(8)23-18-9-11-25(4,5)21(18)27-22(28-23)19-15-17(10-12-26-19)33-14-13-30(6)7/h10,12,15,20,29,32H,9,11,13-14,16H2,1-8H3. The van der Waals surface area contributed by atoms with Crippen LogP contribution in [0.1, 0.15) is 52.3 Å². The highest BCUT2D eigenvalue weighted by atomic mass is 16.5. The summed E-state index contributed by atoms with van der Waals surface area (Å²) in [6.45, 7) is 12.4. The van der Waals surface area contributed by atoms with Crippen LogP contribution in [0.2, 0.25) is 0 Å². The number of rotatable bonds is 9. The van der Waals surface area contributed by atoms with Crippen molar-refractivity contribution in [3.63, 3.8) is 0 Å². The van der Waals surface area contributed by atoms with Gasteiger partial charge < -0.3 is 19.6 Å². The number of likely N-dealkylation sites (N-methyl/N-ethyl adjacent to an activating group) is 2. The van der Waals surface area contributed by atoms with Crippen molar-refractivity contribution in [3.05, 3.63) is 29.6 Å². The van der Waals surface area contributed by atoms with Gasteiger partial charge in [-0.2, -0.15) is 0 Å². The third kappa shape index (κ3) is 6.62. The summed E-state index contributed by atoms with van der Waals surface area (Å²) < 4.78 is 5.90. The zero-order valence-electron chi connectivity index (χ0n) is 21.4. The van der Waals surface area contributed by atoms with Crippen LogP contribution in [0.4, 0.5) is 5.82 Å². The van der Waals surface area contributed by atoms with Crippen molar-refractivity contribution in [2.24, 2.45) is 0 Å². The molecule has 0 radical (unpaired) electrons.